The van der Waals surface area contributed by atoms with Gasteiger partial charge in [-0.25, -0.2) is 4.98 Å². The average Bonchev–Trinajstić information content (AvgIpc) is 2.86. The van der Waals surface area contributed by atoms with Gasteiger partial charge in [-0.15, -0.1) is 11.3 Å². The Balaban J connectivity index is 1.77. The number of hydrogen-bond acceptors (Lipinski definition) is 5. The van der Waals surface area contributed by atoms with E-state index in [-0.39, 0.29) is 18.3 Å². The van der Waals surface area contributed by atoms with Gasteiger partial charge in [0.1, 0.15) is 6.54 Å². The van der Waals surface area contributed by atoms with Gasteiger partial charge in [0, 0.05) is 18.7 Å². The smallest absolute Gasteiger partial charge is 0.241 e. The summed E-state index contributed by atoms with van der Waals surface area (Å²) in [7, 11) is 0. The largest absolute Gasteiger partial charge is 0.493 e. The molecule has 2 heterocycles. The van der Waals surface area contributed by atoms with E-state index in [1.165, 1.54) is 11.3 Å². The Hall–Kier alpha value is -1.89. The quantitative estimate of drug-likeness (QED) is 0.857. The highest BCUT2D eigenvalue weighted by molar-refractivity contribution is 7.09. The Morgan fingerprint density at radius 3 is 2.89 bits per heavy atom. The fourth-order valence-electron chi connectivity index (χ4n) is 1.75. The maximum Gasteiger partial charge on any atom is 0.241 e. The summed E-state index contributed by atoms with van der Waals surface area (Å²) in [4.78, 5) is 15.6. The summed E-state index contributed by atoms with van der Waals surface area (Å²) in [6, 6.07) is 1.94. The standard InChI is InChI=1S/C12H16N4O2S/c1-8-5-9(2)16(15-8)6-10(17)13-4-3-12-14-11(18)7-19-12/h5,7,18H,3-4,6H2,1-2H3,(H,13,17). The summed E-state index contributed by atoms with van der Waals surface area (Å²) in [6.07, 6.45) is 0.619. The zero-order valence-electron chi connectivity index (χ0n) is 10.9. The average molecular weight is 280 g/mol. The molecule has 0 saturated heterocycles. The zero-order valence-corrected chi connectivity index (χ0v) is 11.7. The van der Waals surface area contributed by atoms with E-state index in [2.05, 4.69) is 15.4 Å². The van der Waals surface area contributed by atoms with E-state index in [0.717, 1.165) is 16.4 Å². The van der Waals surface area contributed by atoms with Crippen molar-refractivity contribution < 1.29 is 9.90 Å². The molecule has 0 saturated carbocycles. The molecule has 0 unspecified atom stereocenters. The van der Waals surface area contributed by atoms with E-state index in [1.807, 2.05) is 19.9 Å². The van der Waals surface area contributed by atoms with Crippen molar-refractivity contribution in [1.82, 2.24) is 20.1 Å². The number of nitrogens with zero attached hydrogens (tertiary/aromatic N) is 3. The zero-order chi connectivity index (χ0) is 13.8. The van der Waals surface area contributed by atoms with Crippen molar-refractivity contribution in [1.29, 1.82) is 0 Å². The SMILES string of the molecule is Cc1cc(C)n(CC(=O)NCCc2nc(O)cs2)n1. The van der Waals surface area contributed by atoms with Crippen LogP contribution in [-0.2, 0) is 17.8 Å². The number of aromatic nitrogens is 3. The lowest BCUT2D eigenvalue weighted by atomic mass is 10.4. The van der Waals surface area contributed by atoms with Gasteiger partial charge in [0.15, 0.2) is 0 Å². The van der Waals surface area contributed by atoms with Gasteiger partial charge in [-0.3, -0.25) is 9.48 Å². The normalized spacial score (nSPS) is 10.6. The molecule has 1 amide bonds. The van der Waals surface area contributed by atoms with Crippen molar-refractivity contribution in [2.24, 2.45) is 0 Å². The molecule has 0 fully saturated rings. The highest BCUT2D eigenvalue weighted by Crippen LogP contribution is 2.14. The molecule has 0 radical (unpaired) electrons. The summed E-state index contributed by atoms with van der Waals surface area (Å²) in [5, 5.41) is 18.5. The first-order valence-electron chi connectivity index (χ1n) is 5.95. The lowest BCUT2D eigenvalue weighted by Gasteiger charge is -2.05. The van der Waals surface area contributed by atoms with Crippen LogP contribution >= 0.6 is 11.3 Å². The Labute approximate surface area is 115 Å². The molecule has 6 nitrogen and oxygen atoms in total. The number of carbonyl (C=O) groups excluding carboxylic acids is 1. The number of aromatic hydroxyl groups is 1. The number of thiazole rings is 1. The minimum Gasteiger partial charge on any atom is -0.493 e. The molecule has 0 aliphatic carbocycles. The van der Waals surface area contributed by atoms with Crippen LogP contribution < -0.4 is 5.32 Å². The van der Waals surface area contributed by atoms with Crippen LogP contribution in [0.2, 0.25) is 0 Å². The summed E-state index contributed by atoms with van der Waals surface area (Å²) in [6.45, 7) is 4.55. The molecule has 0 spiro atoms. The molecular weight excluding hydrogens is 264 g/mol. The topological polar surface area (TPSA) is 80.0 Å². The summed E-state index contributed by atoms with van der Waals surface area (Å²) in [5.41, 5.74) is 1.88. The molecule has 0 aliphatic rings. The van der Waals surface area contributed by atoms with Crippen molar-refractivity contribution >= 4 is 17.2 Å². The number of aryl methyl sites for hydroxylation is 2. The third-order valence-electron chi connectivity index (χ3n) is 2.60. The maximum absolute atomic E-state index is 11.7. The molecule has 2 rings (SSSR count). The fourth-order valence-corrected chi connectivity index (χ4v) is 2.41. The van der Waals surface area contributed by atoms with E-state index in [1.54, 1.807) is 10.1 Å². The van der Waals surface area contributed by atoms with Gasteiger partial charge in [-0.05, 0) is 19.9 Å². The van der Waals surface area contributed by atoms with Gasteiger partial charge in [-0.2, -0.15) is 5.10 Å². The predicted molar refractivity (Wildman–Crippen MR) is 72.2 cm³/mol. The van der Waals surface area contributed by atoms with Crippen molar-refractivity contribution in [2.45, 2.75) is 26.8 Å². The van der Waals surface area contributed by atoms with Gasteiger partial charge < -0.3 is 10.4 Å². The fraction of sp³-hybridized carbons (Fsp3) is 0.417. The molecule has 0 aromatic carbocycles. The van der Waals surface area contributed by atoms with E-state index in [4.69, 9.17) is 5.11 Å². The highest BCUT2D eigenvalue weighted by atomic mass is 32.1. The van der Waals surface area contributed by atoms with Gasteiger partial charge in [-0.1, -0.05) is 0 Å². The second-order valence-corrected chi connectivity index (χ2v) is 5.23. The molecular formula is C12H16N4O2S. The van der Waals surface area contributed by atoms with Crippen LogP contribution in [-0.4, -0.2) is 32.3 Å². The van der Waals surface area contributed by atoms with Crippen LogP contribution in [0.1, 0.15) is 16.4 Å². The van der Waals surface area contributed by atoms with Crippen LogP contribution in [0.5, 0.6) is 5.88 Å². The highest BCUT2D eigenvalue weighted by Gasteiger charge is 2.07. The molecule has 0 aliphatic heterocycles. The first-order chi connectivity index (χ1) is 9.04. The molecule has 102 valence electrons. The second-order valence-electron chi connectivity index (χ2n) is 4.28. The van der Waals surface area contributed by atoms with Crippen LogP contribution in [0.3, 0.4) is 0 Å². The predicted octanol–water partition coefficient (Wildman–Crippen LogP) is 1.02. The van der Waals surface area contributed by atoms with Crippen molar-refractivity contribution in [2.75, 3.05) is 6.54 Å². The molecule has 2 aromatic rings. The minimum absolute atomic E-state index is 0.0361. The molecule has 19 heavy (non-hydrogen) atoms. The number of hydrogen-bond donors (Lipinski definition) is 2. The van der Waals surface area contributed by atoms with E-state index in [9.17, 15) is 4.79 Å². The van der Waals surface area contributed by atoms with Gasteiger partial charge in [0.2, 0.25) is 11.8 Å². The van der Waals surface area contributed by atoms with Crippen molar-refractivity contribution in [3.05, 3.63) is 27.8 Å². The first kappa shape index (κ1) is 13.5. The van der Waals surface area contributed by atoms with Crippen molar-refractivity contribution in [3.63, 3.8) is 0 Å². The third-order valence-corrected chi connectivity index (χ3v) is 3.49. The number of rotatable bonds is 5. The van der Waals surface area contributed by atoms with E-state index in [0.29, 0.717) is 13.0 Å². The van der Waals surface area contributed by atoms with Crippen molar-refractivity contribution in [3.8, 4) is 5.88 Å². The molecule has 0 bridgehead atoms. The first-order valence-corrected chi connectivity index (χ1v) is 6.83. The van der Waals surface area contributed by atoms with E-state index < -0.39 is 0 Å². The van der Waals surface area contributed by atoms with Crippen LogP contribution in [0.15, 0.2) is 11.4 Å². The lowest BCUT2D eigenvalue weighted by Crippen LogP contribution is -2.30. The summed E-state index contributed by atoms with van der Waals surface area (Å²) >= 11 is 1.38. The molecule has 2 N–H and O–H groups in total. The third kappa shape index (κ3) is 3.78. The number of amides is 1. The lowest BCUT2D eigenvalue weighted by molar-refractivity contribution is -0.121. The van der Waals surface area contributed by atoms with Gasteiger partial charge in [0.25, 0.3) is 0 Å². The molecule has 7 heteroatoms. The second kappa shape index (κ2) is 5.83. The Morgan fingerprint density at radius 2 is 2.32 bits per heavy atom. The Morgan fingerprint density at radius 1 is 1.53 bits per heavy atom. The molecule has 0 atom stereocenters. The monoisotopic (exact) mass is 280 g/mol. The summed E-state index contributed by atoms with van der Waals surface area (Å²) in [5.74, 6) is -0.0408. The maximum atomic E-state index is 11.7. The summed E-state index contributed by atoms with van der Waals surface area (Å²) < 4.78 is 1.68. The number of carbonyl (C=O) groups is 1. The van der Waals surface area contributed by atoms with Gasteiger partial charge >= 0.3 is 0 Å². The number of nitrogens with one attached hydrogen (secondary N) is 1. The Kier molecular flexibility index (Phi) is 4.16. The Bertz CT molecular complexity index is 576. The van der Waals surface area contributed by atoms with Crippen LogP contribution in [0.4, 0.5) is 0 Å². The van der Waals surface area contributed by atoms with Crippen LogP contribution in [0, 0.1) is 13.8 Å². The molecule has 2 aromatic heterocycles. The van der Waals surface area contributed by atoms with E-state index >= 15 is 0 Å². The van der Waals surface area contributed by atoms with Gasteiger partial charge in [0.05, 0.1) is 16.1 Å². The minimum atomic E-state index is -0.0769. The van der Waals surface area contributed by atoms with Crippen LogP contribution in [0.25, 0.3) is 0 Å².